The molecule has 6 nitrogen and oxygen atoms in total. The third-order valence-corrected chi connectivity index (χ3v) is 6.30. The lowest BCUT2D eigenvalue weighted by Crippen LogP contribution is -2.47. The van der Waals surface area contributed by atoms with Gasteiger partial charge in [-0.1, -0.05) is 12.1 Å². The van der Waals surface area contributed by atoms with Crippen molar-refractivity contribution in [1.29, 1.82) is 0 Å². The zero-order chi connectivity index (χ0) is 17.9. The number of nitrogens with zero attached hydrogens (tertiary/aromatic N) is 1. The molecular formula is C17H24FN3O3S. The molecule has 2 aliphatic rings. The first-order valence-electron chi connectivity index (χ1n) is 8.67. The van der Waals surface area contributed by atoms with Gasteiger partial charge in [-0.15, -0.1) is 0 Å². The first-order valence-corrected chi connectivity index (χ1v) is 10.3. The highest BCUT2D eigenvalue weighted by molar-refractivity contribution is 7.91. The van der Waals surface area contributed by atoms with Crippen LogP contribution in [0.1, 0.15) is 26.2 Å². The second-order valence-electron chi connectivity index (χ2n) is 6.37. The van der Waals surface area contributed by atoms with Gasteiger partial charge in [0.15, 0.2) is 15.8 Å². The molecule has 8 heteroatoms. The van der Waals surface area contributed by atoms with Gasteiger partial charge in [0.05, 0.1) is 30.5 Å². The molecule has 138 valence electrons. The number of halogens is 1. The summed E-state index contributed by atoms with van der Waals surface area (Å²) in [7, 11) is -3.70. The SMILES string of the molecule is CCNC(=NCCS(=O)(=O)c1ccccc1F)NC1CC2CCC1O2. The first-order chi connectivity index (χ1) is 12.0. The van der Waals surface area contributed by atoms with E-state index in [2.05, 4.69) is 15.6 Å². The monoisotopic (exact) mass is 369 g/mol. The fourth-order valence-corrected chi connectivity index (χ4v) is 4.57. The van der Waals surface area contributed by atoms with Crippen molar-refractivity contribution in [2.45, 2.75) is 49.3 Å². The topological polar surface area (TPSA) is 79.8 Å². The van der Waals surface area contributed by atoms with Crippen molar-refractivity contribution in [3.05, 3.63) is 30.1 Å². The van der Waals surface area contributed by atoms with E-state index in [-0.39, 0.29) is 29.3 Å². The molecule has 25 heavy (non-hydrogen) atoms. The molecule has 2 N–H and O–H groups in total. The molecule has 3 atom stereocenters. The molecule has 0 saturated carbocycles. The van der Waals surface area contributed by atoms with Crippen LogP contribution in [0.25, 0.3) is 0 Å². The van der Waals surface area contributed by atoms with Crippen LogP contribution in [0.5, 0.6) is 0 Å². The zero-order valence-electron chi connectivity index (χ0n) is 14.2. The van der Waals surface area contributed by atoms with Crippen molar-refractivity contribution < 1.29 is 17.5 Å². The molecule has 1 aromatic rings. The maximum Gasteiger partial charge on any atom is 0.191 e. The Bertz CT molecular complexity index is 738. The Hall–Kier alpha value is -1.67. The standard InChI is InChI=1S/C17H24FN3O3S/c1-2-19-17(21-14-11-12-7-8-15(14)24-12)20-9-10-25(22,23)16-6-4-3-5-13(16)18/h3-6,12,14-15H,2,7-11H2,1H3,(H2,19,20,21). The maximum atomic E-state index is 13.7. The van der Waals surface area contributed by atoms with Crippen LogP contribution < -0.4 is 10.6 Å². The van der Waals surface area contributed by atoms with Crippen molar-refractivity contribution in [2.24, 2.45) is 4.99 Å². The summed E-state index contributed by atoms with van der Waals surface area (Å²) in [6.45, 7) is 2.69. The van der Waals surface area contributed by atoms with Crippen LogP contribution in [0.15, 0.2) is 34.2 Å². The van der Waals surface area contributed by atoms with Crippen LogP contribution in [0.3, 0.4) is 0 Å². The summed E-state index contributed by atoms with van der Waals surface area (Å²) in [5.74, 6) is -0.388. The van der Waals surface area contributed by atoms with E-state index in [0.29, 0.717) is 18.6 Å². The number of rotatable bonds is 6. The summed E-state index contributed by atoms with van der Waals surface area (Å²) in [5, 5.41) is 6.45. The Kier molecular flexibility index (Phi) is 5.58. The molecule has 0 spiro atoms. The van der Waals surface area contributed by atoms with Gasteiger partial charge in [0.2, 0.25) is 0 Å². The van der Waals surface area contributed by atoms with Gasteiger partial charge in [0.1, 0.15) is 10.7 Å². The lowest BCUT2D eigenvalue weighted by atomic mass is 9.96. The Morgan fingerprint density at radius 3 is 2.80 bits per heavy atom. The van der Waals surface area contributed by atoms with E-state index in [1.807, 2.05) is 6.92 Å². The molecule has 0 amide bonds. The number of ether oxygens (including phenoxy) is 1. The second-order valence-corrected chi connectivity index (χ2v) is 8.45. The Morgan fingerprint density at radius 1 is 1.36 bits per heavy atom. The quantitative estimate of drug-likeness (QED) is 0.586. The van der Waals surface area contributed by atoms with Crippen molar-refractivity contribution in [2.75, 3.05) is 18.8 Å². The highest BCUT2D eigenvalue weighted by Gasteiger charge is 2.41. The molecule has 3 rings (SSSR count). The summed E-state index contributed by atoms with van der Waals surface area (Å²) >= 11 is 0. The van der Waals surface area contributed by atoms with Gasteiger partial charge in [-0.25, -0.2) is 12.8 Å². The van der Waals surface area contributed by atoms with Gasteiger partial charge < -0.3 is 15.4 Å². The van der Waals surface area contributed by atoms with Crippen molar-refractivity contribution in [1.82, 2.24) is 10.6 Å². The molecule has 2 bridgehead atoms. The molecule has 2 saturated heterocycles. The van der Waals surface area contributed by atoms with E-state index in [4.69, 9.17) is 4.74 Å². The average molecular weight is 369 g/mol. The van der Waals surface area contributed by atoms with Crippen LogP contribution >= 0.6 is 0 Å². The van der Waals surface area contributed by atoms with E-state index >= 15 is 0 Å². The molecule has 1 aromatic carbocycles. The summed E-state index contributed by atoms with van der Waals surface area (Å²) in [4.78, 5) is 4.06. The lowest BCUT2D eigenvalue weighted by Gasteiger charge is -2.22. The normalized spacial score (nSPS) is 26.0. The fraction of sp³-hybridized carbons (Fsp3) is 0.588. The molecule has 3 unspecified atom stereocenters. The minimum Gasteiger partial charge on any atom is -0.373 e. The number of aliphatic imine (C=N–C) groups is 1. The van der Waals surface area contributed by atoms with E-state index in [9.17, 15) is 12.8 Å². The minimum absolute atomic E-state index is 0.0632. The van der Waals surface area contributed by atoms with Crippen molar-refractivity contribution in [3.8, 4) is 0 Å². The van der Waals surface area contributed by atoms with E-state index in [1.54, 1.807) is 0 Å². The van der Waals surface area contributed by atoms with Crippen molar-refractivity contribution in [3.63, 3.8) is 0 Å². The maximum absolute atomic E-state index is 13.7. The molecule has 2 fully saturated rings. The number of nitrogens with one attached hydrogen (secondary N) is 2. The third-order valence-electron chi connectivity index (χ3n) is 4.57. The van der Waals surface area contributed by atoms with Crippen molar-refractivity contribution >= 4 is 15.8 Å². The molecule has 0 aromatic heterocycles. The highest BCUT2D eigenvalue weighted by atomic mass is 32.2. The Balaban J connectivity index is 1.61. The van der Waals surface area contributed by atoms with Gasteiger partial charge >= 0.3 is 0 Å². The Labute approximate surface area is 147 Å². The third kappa shape index (κ3) is 4.30. The lowest BCUT2D eigenvalue weighted by molar-refractivity contribution is 0.0992. The molecule has 0 radical (unpaired) electrons. The molecular weight excluding hydrogens is 345 g/mol. The molecule has 2 heterocycles. The van der Waals surface area contributed by atoms with Crippen LogP contribution in [-0.4, -0.2) is 51.5 Å². The second kappa shape index (κ2) is 7.70. The van der Waals surface area contributed by atoms with Gasteiger partial charge in [-0.2, -0.15) is 0 Å². The van der Waals surface area contributed by atoms with Crippen LogP contribution in [0.2, 0.25) is 0 Å². The smallest absolute Gasteiger partial charge is 0.191 e. The number of sulfone groups is 1. The molecule has 2 aliphatic heterocycles. The number of benzene rings is 1. The summed E-state index contributed by atoms with van der Waals surface area (Å²) < 4.78 is 44.0. The van der Waals surface area contributed by atoms with Crippen LogP contribution in [0, 0.1) is 5.82 Å². The number of hydrogen-bond donors (Lipinski definition) is 2. The van der Waals surface area contributed by atoms with Gasteiger partial charge in [-0.05, 0) is 38.3 Å². The summed E-state index contributed by atoms with van der Waals surface area (Å²) in [5.41, 5.74) is 0. The van der Waals surface area contributed by atoms with E-state index in [1.165, 1.54) is 18.2 Å². The molecule has 0 aliphatic carbocycles. The van der Waals surface area contributed by atoms with Gasteiger partial charge in [-0.3, -0.25) is 4.99 Å². The largest absolute Gasteiger partial charge is 0.373 e. The average Bonchev–Trinajstić information content (AvgIpc) is 3.18. The minimum atomic E-state index is -3.70. The number of fused-ring (bicyclic) bond motifs is 2. The Morgan fingerprint density at radius 2 is 2.16 bits per heavy atom. The van der Waals surface area contributed by atoms with E-state index < -0.39 is 15.7 Å². The fourth-order valence-electron chi connectivity index (χ4n) is 3.37. The van der Waals surface area contributed by atoms with Gasteiger partial charge in [0, 0.05) is 6.54 Å². The predicted molar refractivity (Wildman–Crippen MR) is 93.9 cm³/mol. The van der Waals surface area contributed by atoms with E-state index in [0.717, 1.165) is 25.3 Å². The number of guanidine groups is 1. The highest BCUT2D eigenvalue weighted by Crippen LogP contribution is 2.34. The summed E-state index contributed by atoms with van der Waals surface area (Å²) in [6, 6.07) is 5.62. The predicted octanol–water partition coefficient (Wildman–Crippen LogP) is 1.47. The van der Waals surface area contributed by atoms with Crippen LogP contribution in [0.4, 0.5) is 4.39 Å². The first kappa shape index (κ1) is 18.1. The summed E-state index contributed by atoms with van der Waals surface area (Å²) in [6.07, 6.45) is 3.63. The van der Waals surface area contributed by atoms with Gasteiger partial charge in [0.25, 0.3) is 0 Å². The zero-order valence-corrected chi connectivity index (χ0v) is 15.1. The number of hydrogen-bond acceptors (Lipinski definition) is 4. The van der Waals surface area contributed by atoms with Crippen LogP contribution in [-0.2, 0) is 14.6 Å².